The zero-order valence-corrected chi connectivity index (χ0v) is 34.5. The molecule has 4 atom stereocenters. The van der Waals surface area contributed by atoms with Gasteiger partial charge >= 0.3 is 6.09 Å². The lowest BCUT2D eigenvalue weighted by Gasteiger charge is -2.42. The molecular formula is C44H51F3N6O8. The van der Waals surface area contributed by atoms with Crippen LogP contribution in [0.5, 0.6) is 0 Å². The summed E-state index contributed by atoms with van der Waals surface area (Å²) >= 11 is 0. The van der Waals surface area contributed by atoms with Crippen LogP contribution in [0.3, 0.4) is 0 Å². The zero-order chi connectivity index (χ0) is 43.4. The van der Waals surface area contributed by atoms with E-state index in [0.717, 1.165) is 40.8 Å². The number of morpholine rings is 1. The Morgan fingerprint density at radius 2 is 1.67 bits per heavy atom. The minimum Gasteiger partial charge on any atom is -0.444 e. The van der Waals surface area contributed by atoms with Crippen molar-refractivity contribution in [1.29, 1.82) is 0 Å². The van der Waals surface area contributed by atoms with Gasteiger partial charge in [0.05, 0.1) is 31.4 Å². The van der Waals surface area contributed by atoms with Crippen molar-refractivity contribution in [2.24, 2.45) is 11.8 Å². The van der Waals surface area contributed by atoms with E-state index in [2.05, 4.69) is 0 Å². The van der Waals surface area contributed by atoms with Crippen LogP contribution in [0.4, 0.5) is 18.0 Å². The molecule has 0 N–H and O–H groups in total. The number of imidazole rings is 1. The molecule has 61 heavy (non-hydrogen) atoms. The number of amides is 5. The molecule has 0 unspecified atom stereocenters. The SMILES string of the molecule is CC(C)(C)OC(=O)N1C[C@@H](CN(C(=O)[C@H]2CN(C(=O)CCN3C(=O)C=CC3=O)CCO2)[C@@H](c2nc(-c3cc(F)ccc3F)cn2Cc2ccccc2)C2CCOCC2)[C@@H](F)C1. The molecule has 5 heterocycles. The highest BCUT2D eigenvalue weighted by Gasteiger charge is 2.45. The van der Waals surface area contributed by atoms with Gasteiger partial charge in [0.2, 0.25) is 5.91 Å². The van der Waals surface area contributed by atoms with E-state index in [-0.39, 0.29) is 76.0 Å². The molecule has 0 saturated carbocycles. The van der Waals surface area contributed by atoms with Gasteiger partial charge in [-0.3, -0.25) is 24.1 Å². The largest absolute Gasteiger partial charge is 0.444 e. The molecule has 14 nitrogen and oxygen atoms in total. The summed E-state index contributed by atoms with van der Waals surface area (Å²) in [6.07, 6.45) is 1.24. The first-order valence-corrected chi connectivity index (χ1v) is 20.6. The maximum Gasteiger partial charge on any atom is 0.410 e. The Labute approximate surface area is 352 Å². The van der Waals surface area contributed by atoms with Crippen molar-refractivity contribution < 1.29 is 51.4 Å². The summed E-state index contributed by atoms with van der Waals surface area (Å²) in [7, 11) is 0. The third kappa shape index (κ3) is 10.3. The van der Waals surface area contributed by atoms with Crippen LogP contribution < -0.4 is 0 Å². The van der Waals surface area contributed by atoms with Crippen molar-refractivity contribution >= 4 is 29.7 Å². The van der Waals surface area contributed by atoms with E-state index in [1.54, 1.807) is 31.5 Å². The Morgan fingerprint density at radius 1 is 0.951 bits per heavy atom. The van der Waals surface area contributed by atoms with E-state index >= 15 is 13.6 Å². The number of hydrogen-bond donors (Lipinski definition) is 0. The molecule has 0 aliphatic carbocycles. The van der Waals surface area contributed by atoms with E-state index in [1.807, 2.05) is 30.3 Å². The molecule has 0 bridgehead atoms. The molecule has 5 amide bonds. The number of aromatic nitrogens is 2. The third-order valence-electron chi connectivity index (χ3n) is 11.4. The molecule has 3 aromatic rings. The molecule has 2 aromatic carbocycles. The topological polar surface area (TPSA) is 144 Å². The number of rotatable bonds is 12. The average molecular weight is 849 g/mol. The lowest BCUT2D eigenvalue weighted by Crippen LogP contribution is -2.55. The van der Waals surface area contributed by atoms with Gasteiger partial charge in [0, 0.05) is 82.2 Å². The second kappa shape index (κ2) is 18.6. The minimum atomic E-state index is -1.55. The van der Waals surface area contributed by atoms with Gasteiger partial charge in [0.15, 0.2) is 6.10 Å². The highest BCUT2D eigenvalue weighted by atomic mass is 19.1. The van der Waals surface area contributed by atoms with E-state index in [9.17, 15) is 23.6 Å². The Hall–Kier alpha value is -5.55. The summed E-state index contributed by atoms with van der Waals surface area (Å²) in [6.45, 7) is 5.43. The van der Waals surface area contributed by atoms with Gasteiger partial charge in [-0.05, 0) is 63.3 Å². The Morgan fingerprint density at radius 3 is 2.38 bits per heavy atom. The van der Waals surface area contributed by atoms with Crippen molar-refractivity contribution in [2.75, 3.05) is 59.1 Å². The van der Waals surface area contributed by atoms with Gasteiger partial charge in [0.25, 0.3) is 17.7 Å². The predicted octanol–water partition coefficient (Wildman–Crippen LogP) is 4.92. The second-order valence-corrected chi connectivity index (χ2v) is 16.9. The first-order valence-electron chi connectivity index (χ1n) is 20.6. The molecule has 7 rings (SSSR count). The summed E-state index contributed by atoms with van der Waals surface area (Å²) in [5, 5.41) is 0. The number of carbonyl (C=O) groups is 5. The van der Waals surface area contributed by atoms with E-state index in [0.29, 0.717) is 31.9 Å². The van der Waals surface area contributed by atoms with Crippen LogP contribution in [0, 0.1) is 23.5 Å². The van der Waals surface area contributed by atoms with Gasteiger partial charge in [-0.2, -0.15) is 0 Å². The Balaban J connectivity index is 1.27. The van der Waals surface area contributed by atoms with E-state index in [4.69, 9.17) is 19.2 Å². The quantitative estimate of drug-likeness (QED) is 0.232. The number of alkyl halides is 1. The zero-order valence-electron chi connectivity index (χ0n) is 34.5. The number of hydrogen-bond acceptors (Lipinski definition) is 9. The number of ether oxygens (including phenoxy) is 3. The van der Waals surface area contributed by atoms with Crippen LogP contribution in [0.25, 0.3) is 11.3 Å². The van der Waals surface area contributed by atoms with Gasteiger partial charge in [-0.25, -0.2) is 22.9 Å². The number of halogens is 3. The fraction of sp³-hybridized carbons (Fsp3) is 0.500. The minimum absolute atomic E-state index is 0.00568. The fourth-order valence-electron chi connectivity index (χ4n) is 8.33. The molecule has 3 saturated heterocycles. The van der Waals surface area contributed by atoms with Crippen LogP contribution in [0.2, 0.25) is 0 Å². The Bertz CT molecular complexity index is 2120. The summed E-state index contributed by atoms with van der Waals surface area (Å²) in [5.74, 6) is -4.18. The summed E-state index contributed by atoms with van der Waals surface area (Å²) < 4.78 is 65.6. The van der Waals surface area contributed by atoms with Gasteiger partial charge < -0.3 is 33.5 Å². The van der Waals surface area contributed by atoms with Gasteiger partial charge in [-0.15, -0.1) is 0 Å². The maximum absolute atomic E-state index is 16.3. The first kappa shape index (κ1) is 43.5. The molecule has 17 heteroatoms. The average Bonchev–Trinajstić information content (AvgIpc) is 3.92. The first-order chi connectivity index (χ1) is 29.1. The van der Waals surface area contributed by atoms with Crippen molar-refractivity contribution in [3.8, 4) is 11.3 Å². The van der Waals surface area contributed by atoms with Crippen molar-refractivity contribution in [3.05, 3.63) is 89.9 Å². The number of imide groups is 1. The van der Waals surface area contributed by atoms with Crippen molar-refractivity contribution in [2.45, 2.75) is 70.5 Å². The van der Waals surface area contributed by atoms with E-state index < -0.39 is 71.2 Å². The number of carbonyl (C=O) groups excluding carboxylic acids is 5. The summed E-state index contributed by atoms with van der Waals surface area (Å²) in [4.78, 5) is 76.5. The van der Waals surface area contributed by atoms with Crippen molar-refractivity contribution in [1.82, 2.24) is 29.2 Å². The highest BCUT2D eigenvalue weighted by molar-refractivity contribution is 6.13. The standard InChI is InChI=1S/C44H51F3N6O8/c1-44(2,3)61-43(58)51-23-30(34(47)25-51)24-53(42(57)36-27-49(17-20-60-36)37(54)13-16-52-38(55)11-12-39(52)56)40(29-14-18-59-19-15-29)41-48-35(32-21-31(45)9-10-33(32)46)26-50(41)22-28-7-5-4-6-8-28/h4-12,21,26,29-30,34,36,40H,13-20,22-25,27H2,1-3H3/t30-,34-,36+,40+/m0/s1. The van der Waals surface area contributed by atoms with Crippen LogP contribution in [-0.2, 0) is 39.9 Å². The normalized spacial score (nSPS) is 21.6. The molecule has 4 aliphatic rings. The van der Waals surface area contributed by atoms with Crippen molar-refractivity contribution in [3.63, 3.8) is 0 Å². The number of benzene rings is 2. The van der Waals surface area contributed by atoms with Gasteiger partial charge in [0.1, 0.15) is 29.2 Å². The lowest BCUT2D eigenvalue weighted by molar-refractivity contribution is -0.159. The predicted molar refractivity (Wildman–Crippen MR) is 214 cm³/mol. The fourth-order valence-corrected chi connectivity index (χ4v) is 8.33. The smallest absolute Gasteiger partial charge is 0.410 e. The molecule has 0 spiro atoms. The molecule has 3 fully saturated rings. The molecule has 4 aliphatic heterocycles. The summed E-state index contributed by atoms with van der Waals surface area (Å²) in [6, 6.07) is 11.6. The summed E-state index contributed by atoms with van der Waals surface area (Å²) in [5.41, 5.74) is 0.0800. The number of likely N-dealkylation sites (tertiary alicyclic amines) is 1. The van der Waals surface area contributed by atoms with Crippen LogP contribution in [0.1, 0.15) is 57.5 Å². The third-order valence-corrected chi connectivity index (χ3v) is 11.4. The molecule has 1 aromatic heterocycles. The van der Waals surface area contributed by atoms with E-state index in [1.165, 1.54) is 14.7 Å². The highest BCUT2D eigenvalue weighted by Crippen LogP contribution is 2.39. The maximum atomic E-state index is 16.3. The molecular weight excluding hydrogens is 798 g/mol. The van der Waals surface area contributed by atoms with Crippen LogP contribution >= 0.6 is 0 Å². The van der Waals surface area contributed by atoms with Gasteiger partial charge in [-0.1, -0.05) is 30.3 Å². The monoisotopic (exact) mass is 848 g/mol. The molecule has 326 valence electrons. The van der Waals surface area contributed by atoms with Crippen LogP contribution in [-0.4, -0.2) is 136 Å². The molecule has 0 radical (unpaired) electrons. The second-order valence-electron chi connectivity index (χ2n) is 16.9. The Kier molecular flexibility index (Phi) is 13.3. The van der Waals surface area contributed by atoms with Crippen LogP contribution in [0.15, 0.2) is 66.9 Å². The number of nitrogens with zero attached hydrogens (tertiary/aromatic N) is 6. The lowest BCUT2D eigenvalue weighted by atomic mass is 9.88.